The van der Waals surface area contributed by atoms with Crippen LogP contribution in [0.3, 0.4) is 0 Å². The van der Waals surface area contributed by atoms with Gasteiger partial charge in [0.25, 0.3) is 5.91 Å². The van der Waals surface area contributed by atoms with E-state index in [0.717, 1.165) is 5.01 Å². The molecule has 2 heterocycles. The number of sulfonamides is 1. The largest absolute Gasteiger partial charge is 0.320 e. The minimum atomic E-state index is -3.66. The Hall–Kier alpha value is -2.04. The van der Waals surface area contributed by atoms with Gasteiger partial charge in [-0.3, -0.25) is 4.79 Å². The summed E-state index contributed by atoms with van der Waals surface area (Å²) >= 11 is 13.1. The summed E-state index contributed by atoms with van der Waals surface area (Å²) in [6.45, 7) is 0.691. The molecule has 0 unspecified atom stereocenters. The highest BCUT2D eigenvalue weighted by Gasteiger charge is 2.32. The van der Waals surface area contributed by atoms with Crippen molar-refractivity contribution in [1.29, 1.82) is 0 Å². The van der Waals surface area contributed by atoms with Crippen LogP contribution in [0, 0.1) is 0 Å². The Kier molecular flexibility index (Phi) is 6.59. The number of para-hydroxylation sites is 1. The van der Waals surface area contributed by atoms with Gasteiger partial charge in [0.05, 0.1) is 14.9 Å². The fraction of sp³-hybridized carbons (Fsp3) is 0.250. The van der Waals surface area contributed by atoms with E-state index in [-0.39, 0.29) is 26.8 Å². The molecule has 1 aliphatic heterocycles. The minimum Gasteiger partial charge on any atom is -0.320 e. The summed E-state index contributed by atoms with van der Waals surface area (Å²) in [5.41, 5.74) is 0.685. The van der Waals surface area contributed by atoms with Crippen molar-refractivity contribution in [2.24, 2.45) is 0 Å². The van der Waals surface area contributed by atoms with E-state index in [0.29, 0.717) is 36.6 Å². The fourth-order valence-electron chi connectivity index (χ4n) is 3.33. The van der Waals surface area contributed by atoms with E-state index in [1.165, 1.54) is 33.8 Å². The molecule has 1 N–H and O–H groups in total. The second kappa shape index (κ2) is 9.22. The molecular formula is C20H18Cl2N4O3S2. The van der Waals surface area contributed by atoms with E-state index in [4.69, 9.17) is 23.2 Å². The Morgan fingerprint density at radius 1 is 1.03 bits per heavy atom. The number of nitrogens with zero attached hydrogens (tertiary/aromatic N) is 3. The Morgan fingerprint density at radius 3 is 2.42 bits per heavy atom. The first kappa shape index (κ1) is 22.2. The first-order valence-corrected chi connectivity index (χ1v) is 12.5. The first-order valence-electron chi connectivity index (χ1n) is 9.49. The number of hydrogen-bond acceptors (Lipinski definition) is 6. The predicted molar refractivity (Wildman–Crippen MR) is 122 cm³/mol. The standard InChI is InChI=1S/C20H18Cl2N4O3S2/c21-16-7-6-15(12-17(16)22)31(28,29)26-10-8-13(9-11-26)19-24-25-20(30-19)18(27)23-14-4-2-1-3-5-14/h1-7,12-13H,8-11H2,(H,23,27). The summed E-state index contributed by atoms with van der Waals surface area (Å²) in [6, 6.07) is 13.4. The van der Waals surface area contributed by atoms with Crippen LogP contribution < -0.4 is 5.32 Å². The molecule has 31 heavy (non-hydrogen) atoms. The Balaban J connectivity index is 1.40. The van der Waals surface area contributed by atoms with Gasteiger partial charge in [-0.25, -0.2) is 8.42 Å². The molecule has 1 aliphatic rings. The third-order valence-electron chi connectivity index (χ3n) is 5.00. The van der Waals surface area contributed by atoms with Crippen molar-refractivity contribution < 1.29 is 13.2 Å². The van der Waals surface area contributed by atoms with Crippen LogP contribution in [-0.2, 0) is 10.0 Å². The summed E-state index contributed by atoms with van der Waals surface area (Å²) in [4.78, 5) is 12.5. The van der Waals surface area contributed by atoms with Gasteiger partial charge in [-0.05, 0) is 43.2 Å². The monoisotopic (exact) mass is 496 g/mol. The third kappa shape index (κ3) is 4.91. The van der Waals surface area contributed by atoms with Crippen LogP contribution in [0.2, 0.25) is 10.0 Å². The summed E-state index contributed by atoms with van der Waals surface area (Å²) in [5.74, 6) is -0.259. The van der Waals surface area contributed by atoms with Crippen LogP contribution in [-0.4, -0.2) is 41.9 Å². The van der Waals surface area contributed by atoms with Crippen LogP contribution in [0.5, 0.6) is 0 Å². The first-order chi connectivity index (χ1) is 14.8. The van der Waals surface area contributed by atoms with E-state index in [2.05, 4.69) is 15.5 Å². The van der Waals surface area contributed by atoms with Gasteiger partial charge >= 0.3 is 0 Å². The molecule has 162 valence electrons. The lowest BCUT2D eigenvalue weighted by atomic mass is 9.99. The molecule has 1 amide bonds. The average Bonchev–Trinajstić information content (AvgIpc) is 3.27. The van der Waals surface area contributed by atoms with Crippen LogP contribution in [0.4, 0.5) is 5.69 Å². The Labute approximate surface area is 194 Å². The smallest absolute Gasteiger partial charge is 0.286 e. The quantitative estimate of drug-likeness (QED) is 0.554. The molecular weight excluding hydrogens is 479 g/mol. The van der Waals surface area contributed by atoms with Gasteiger partial charge in [0, 0.05) is 24.7 Å². The lowest BCUT2D eigenvalue weighted by molar-refractivity contribution is 0.102. The number of anilines is 1. The molecule has 1 aromatic heterocycles. The van der Waals surface area contributed by atoms with Crippen LogP contribution >= 0.6 is 34.5 Å². The number of hydrogen-bond donors (Lipinski definition) is 1. The lowest BCUT2D eigenvalue weighted by Crippen LogP contribution is -2.37. The second-order valence-corrected chi connectivity index (χ2v) is 10.8. The van der Waals surface area contributed by atoms with Crippen molar-refractivity contribution >= 4 is 56.2 Å². The molecule has 3 aromatic rings. The number of nitrogens with one attached hydrogen (secondary N) is 1. The summed E-state index contributed by atoms with van der Waals surface area (Å²) in [5, 5.41) is 12.5. The zero-order chi connectivity index (χ0) is 22.0. The molecule has 4 rings (SSSR count). The number of amides is 1. The molecule has 1 fully saturated rings. The number of piperidine rings is 1. The third-order valence-corrected chi connectivity index (χ3v) is 8.72. The minimum absolute atomic E-state index is 0.0519. The molecule has 0 bridgehead atoms. The number of rotatable bonds is 5. The molecule has 0 atom stereocenters. The number of benzene rings is 2. The topological polar surface area (TPSA) is 92.3 Å². The average molecular weight is 497 g/mol. The van der Waals surface area contributed by atoms with Crippen molar-refractivity contribution in [1.82, 2.24) is 14.5 Å². The number of halogens is 2. The van der Waals surface area contributed by atoms with Gasteiger partial charge in [-0.2, -0.15) is 4.31 Å². The van der Waals surface area contributed by atoms with Gasteiger partial charge in [0.1, 0.15) is 5.01 Å². The van der Waals surface area contributed by atoms with E-state index in [9.17, 15) is 13.2 Å². The molecule has 2 aromatic carbocycles. The van der Waals surface area contributed by atoms with Crippen molar-refractivity contribution in [3.05, 3.63) is 68.6 Å². The van der Waals surface area contributed by atoms with Crippen LogP contribution in [0.1, 0.15) is 33.6 Å². The lowest BCUT2D eigenvalue weighted by Gasteiger charge is -2.30. The van der Waals surface area contributed by atoms with Crippen LogP contribution in [0.15, 0.2) is 53.4 Å². The molecule has 0 saturated carbocycles. The Morgan fingerprint density at radius 2 is 1.74 bits per heavy atom. The van der Waals surface area contributed by atoms with Gasteiger partial charge in [0.2, 0.25) is 15.0 Å². The van der Waals surface area contributed by atoms with E-state index < -0.39 is 10.0 Å². The molecule has 7 nitrogen and oxygen atoms in total. The second-order valence-electron chi connectivity index (χ2n) is 7.02. The van der Waals surface area contributed by atoms with Gasteiger partial charge in [-0.1, -0.05) is 52.7 Å². The Bertz CT molecular complexity index is 1190. The summed E-state index contributed by atoms with van der Waals surface area (Å²) in [7, 11) is -3.66. The number of aromatic nitrogens is 2. The SMILES string of the molecule is O=C(Nc1ccccc1)c1nnc(C2CCN(S(=O)(=O)c3ccc(Cl)c(Cl)c3)CC2)s1. The maximum atomic E-state index is 12.9. The van der Waals surface area contributed by atoms with Crippen molar-refractivity contribution in [2.75, 3.05) is 18.4 Å². The van der Waals surface area contributed by atoms with E-state index in [1.54, 1.807) is 12.1 Å². The summed E-state index contributed by atoms with van der Waals surface area (Å²) < 4.78 is 27.3. The zero-order valence-corrected chi connectivity index (χ0v) is 19.3. The normalized spacial score (nSPS) is 15.7. The van der Waals surface area contributed by atoms with Crippen LogP contribution in [0.25, 0.3) is 0 Å². The molecule has 0 spiro atoms. The maximum absolute atomic E-state index is 12.9. The number of carbonyl (C=O) groups is 1. The van der Waals surface area contributed by atoms with Crippen molar-refractivity contribution in [3.63, 3.8) is 0 Å². The van der Waals surface area contributed by atoms with Gasteiger partial charge in [-0.15, -0.1) is 10.2 Å². The van der Waals surface area contributed by atoms with Crippen molar-refractivity contribution in [2.45, 2.75) is 23.7 Å². The van der Waals surface area contributed by atoms with Gasteiger partial charge < -0.3 is 5.32 Å². The highest BCUT2D eigenvalue weighted by Crippen LogP contribution is 2.33. The van der Waals surface area contributed by atoms with E-state index >= 15 is 0 Å². The van der Waals surface area contributed by atoms with Gasteiger partial charge in [0.15, 0.2) is 0 Å². The fourth-order valence-corrected chi connectivity index (χ4v) is 6.09. The number of carbonyl (C=O) groups excluding carboxylic acids is 1. The zero-order valence-electron chi connectivity index (χ0n) is 16.2. The summed E-state index contributed by atoms with van der Waals surface area (Å²) in [6.07, 6.45) is 1.19. The molecule has 11 heteroatoms. The molecule has 1 saturated heterocycles. The molecule has 0 aliphatic carbocycles. The highest BCUT2D eigenvalue weighted by molar-refractivity contribution is 7.89. The van der Waals surface area contributed by atoms with E-state index in [1.807, 2.05) is 18.2 Å². The highest BCUT2D eigenvalue weighted by atomic mass is 35.5. The maximum Gasteiger partial charge on any atom is 0.286 e. The predicted octanol–water partition coefficient (Wildman–Crippen LogP) is 4.67. The van der Waals surface area contributed by atoms with Crippen molar-refractivity contribution in [3.8, 4) is 0 Å². The molecule has 0 radical (unpaired) electrons.